The molecule has 14 heteroatoms. The maximum atomic E-state index is 13.2. The van der Waals surface area contributed by atoms with E-state index >= 15 is 0 Å². The van der Waals surface area contributed by atoms with Crippen molar-refractivity contribution in [1.82, 2.24) is 0 Å². The summed E-state index contributed by atoms with van der Waals surface area (Å²) in [6, 6.07) is 3.52. The highest BCUT2D eigenvalue weighted by molar-refractivity contribution is 14.1. The maximum Gasteiger partial charge on any atom is 0.396 e. The Balaban J connectivity index is 2.58. The highest BCUT2D eigenvalue weighted by Crippen LogP contribution is 2.40. The standard InChI is InChI=1S/C12H9F4I3O6S/c13-11(14,12(15,16)26(21,22)23)1-2-24-9(20)5-25-10-7(18)3-6(17)4-8(10)19/h3-4H,1-2,5H2,(H,21,22,23)/p-1. The second kappa shape index (κ2) is 9.21. The molecule has 0 unspecified atom stereocenters. The number of alkyl halides is 4. The number of halogens is 7. The van der Waals surface area contributed by atoms with Crippen LogP contribution in [0.2, 0.25) is 0 Å². The molecule has 0 saturated carbocycles. The van der Waals surface area contributed by atoms with Crippen molar-refractivity contribution in [3.63, 3.8) is 0 Å². The normalized spacial score (nSPS) is 12.8. The highest BCUT2D eigenvalue weighted by atomic mass is 127. The van der Waals surface area contributed by atoms with Crippen molar-refractivity contribution in [3.05, 3.63) is 22.8 Å². The van der Waals surface area contributed by atoms with Crippen molar-refractivity contribution in [2.45, 2.75) is 17.6 Å². The van der Waals surface area contributed by atoms with Gasteiger partial charge in [0.25, 0.3) is 0 Å². The number of carbonyl (C=O) groups is 1. The van der Waals surface area contributed by atoms with Crippen LogP contribution in [0, 0.1) is 10.7 Å². The Morgan fingerprint density at radius 1 is 1.12 bits per heavy atom. The summed E-state index contributed by atoms with van der Waals surface area (Å²) in [5.74, 6) is -5.95. The van der Waals surface area contributed by atoms with Crippen LogP contribution in [0.1, 0.15) is 6.42 Å². The lowest BCUT2D eigenvalue weighted by atomic mass is 10.2. The molecule has 0 bridgehead atoms. The largest absolute Gasteiger partial charge is 0.743 e. The fourth-order valence-corrected chi connectivity index (χ4v) is 5.82. The van der Waals surface area contributed by atoms with Gasteiger partial charge < -0.3 is 14.0 Å². The summed E-state index contributed by atoms with van der Waals surface area (Å²) >= 11 is 5.99. The van der Waals surface area contributed by atoms with Gasteiger partial charge in [-0.1, -0.05) is 0 Å². The van der Waals surface area contributed by atoms with Gasteiger partial charge in [-0.3, -0.25) is 0 Å². The molecule has 0 spiro atoms. The van der Waals surface area contributed by atoms with Crippen LogP contribution in [0.15, 0.2) is 12.1 Å². The summed E-state index contributed by atoms with van der Waals surface area (Å²) in [4.78, 5) is 11.5. The SMILES string of the molecule is O=C(COc1c(I)cc(I)cc1I)OCCC(F)(F)C(F)(F)S(=O)(=O)[O-]. The van der Waals surface area contributed by atoms with E-state index in [1.165, 1.54) is 0 Å². The molecule has 1 rings (SSSR count). The molecule has 148 valence electrons. The Bertz CT molecular complexity index is 764. The second-order valence-corrected chi connectivity index (χ2v) is 9.62. The first-order valence-corrected chi connectivity index (χ1v) is 11.0. The van der Waals surface area contributed by atoms with E-state index < -0.39 is 46.9 Å². The molecule has 0 radical (unpaired) electrons. The average Bonchev–Trinajstić information content (AvgIpc) is 2.44. The molecule has 0 aliphatic heterocycles. The van der Waals surface area contributed by atoms with Crippen LogP contribution in [0.5, 0.6) is 5.75 Å². The minimum absolute atomic E-state index is 0.359. The summed E-state index contributed by atoms with van der Waals surface area (Å²) in [6.45, 7) is -1.89. The molecule has 26 heavy (non-hydrogen) atoms. The molecular weight excluding hydrogens is 729 g/mol. The van der Waals surface area contributed by atoms with Gasteiger partial charge in [0.05, 0.1) is 20.2 Å². The first-order valence-electron chi connectivity index (χ1n) is 6.33. The Kier molecular flexibility index (Phi) is 8.62. The third kappa shape index (κ3) is 6.16. The van der Waals surface area contributed by atoms with E-state index in [-0.39, 0.29) is 0 Å². The van der Waals surface area contributed by atoms with E-state index in [0.29, 0.717) is 12.9 Å². The Morgan fingerprint density at radius 3 is 2.08 bits per heavy atom. The van der Waals surface area contributed by atoms with Gasteiger partial charge in [-0.25, -0.2) is 13.2 Å². The monoisotopic (exact) mass is 737 g/mol. The van der Waals surface area contributed by atoms with Crippen molar-refractivity contribution in [2.75, 3.05) is 13.2 Å². The first-order chi connectivity index (χ1) is 11.7. The number of ether oxygens (including phenoxy) is 2. The van der Waals surface area contributed by atoms with E-state index in [1.807, 2.05) is 45.2 Å². The maximum absolute atomic E-state index is 13.2. The van der Waals surface area contributed by atoms with Gasteiger partial charge in [-0.2, -0.15) is 17.6 Å². The highest BCUT2D eigenvalue weighted by Gasteiger charge is 2.61. The zero-order chi connectivity index (χ0) is 20.3. The third-order valence-electron chi connectivity index (χ3n) is 2.72. The van der Waals surface area contributed by atoms with Gasteiger partial charge in [-0.05, 0) is 79.9 Å². The minimum Gasteiger partial charge on any atom is -0.743 e. The number of benzene rings is 1. The third-order valence-corrected chi connectivity index (χ3v) is 5.87. The topological polar surface area (TPSA) is 92.7 Å². The number of esters is 1. The molecule has 0 saturated heterocycles. The molecule has 0 atom stereocenters. The number of carbonyl (C=O) groups excluding carboxylic acids is 1. The predicted octanol–water partition coefficient (Wildman–Crippen LogP) is 3.59. The van der Waals surface area contributed by atoms with Gasteiger partial charge in [-0.15, -0.1) is 0 Å². The fourth-order valence-electron chi connectivity index (χ4n) is 1.46. The van der Waals surface area contributed by atoms with Crippen molar-refractivity contribution < 1.29 is 44.8 Å². The van der Waals surface area contributed by atoms with Crippen molar-refractivity contribution in [3.8, 4) is 5.75 Å². The van der Waals surface area contributed by atoms with Crippen LogP contribution in [0.4, 0.5) is 17.6 Å². The van der Waals surface area contributed by atoms with Crippen molar-refractivity contribution >= 4 is 83.9 Å². The van der Waals surface area contributed by atoms with Gasteiger partial charge in [0.1, 0.15) is 5.75 Å². The van der Waals surface area contributed by atoms with Gasteiger partial charge >= 0.3 is 17.1 Å². The summed E-state index contributed by atoms with van der Waals surface area (Å²) in [7, 11) is -6.57. The van der Waals surface area contributed by atoms with Gasteiger partial charge in [0.15, 0.2) is 16.7 Å². The van der Waals surface area contributed by atoms with Crippen LogP contribution < -0.4 is 4.74 Å². The number of hydrogen-bond donors (Lipinski definition) is 0. The molecular formula is C12H8F4I3O6S-. The molecule has 0 aliphatic rings. The summed E-state index contributed by atoms with van der Waals surface area (Å²) in [6.07, 6.45) is -1.84. The second-order valence-electron chi connectivity index (χ2n) is 4.63. The van der Waals surface area contributed by atoms with E-state index in [9.17, 15) is 35.3 Å². The lowest BCUT2D eigenvalue weighted by Crippen LogP contribution is -2.47. The quantitative estimate of drug-likeness (QED) is 0.176. The lowest BCUT2D eigenvalue weighted by Gasteiger charge is -2.28. The van der Waals surface area contributed by atoms with Crippen LogP contribution in [-0.2, 0) is 19.6 Å². The van der Waals surface area contributed by atoms with Crippen LogP contribution in [0.3, 0.4) is 0 Å². The zero-order valence-corrected chi connectivity index (χ0v) is 19.6. The molecule has 0 aliphatic carbocycles. The number of rotatable bonds is 8. The van der Waals surface area contributed by atoms with Crippen LogP contribution >= 0.6 is 67.8 Å². The minimum atomic E-state index is -6.57. The van der Waals surface area contributed by atoms with E-state index in [2.05, 4.69) is 27.3 Å². The molecule has 1 aromatic carbocycles. The zero-order valence-electron chi connectivity index (χ0n) is 12.3. The molecule has 0 amide bonds. The van der Waals surface area contributed by atoms with Crippen LogP contribution in [0.25, 0.3) is 0 Å². The predicted molar refractivity (Wildman–Crippen MR) is 105 cm³/mol. The fraction of sp³-hybridized carbons (Fsp3) is 0.417. The molecule has 0 N–H and O–H groups in total. The van der Waals surface area contributed by atoms with E-state index in [0.717, 1.165) is 3.57 Å². The lowest BCUT2D eigenvalue weighted by molar-refractivity contribution is -0.175. The number of hydrogen-bond acceptors (Lipinski definition) is 6. The first kappa shape index (κ1) is 24.3. The Hall–Kier alpha value is 0.310. The summed E-state index contributed by atoms with van der Waals surface area (Å²) in [5, 5.41) is -5.81. The molecule has 1 aromatic rings. The summed E-state index contributed by atoms with van der Waals surface area (Å²) < 4.78 is 94.7. The van der Waals surface area contributed by atoms with Gasteiger partial charge in [0, 0.05) is 3.57 Å². The Morgan fingerprint density at radius 2 is 1.62 bits per heavy atom. The van der Waals surface area contributed by atoms with Crippen molar-refractivity contribution in [2.24, 2.45) is 0 Å². The van der Waals surface area contributed by atoms with Crippen LogP contribution in [-0.4, -0.2) is 43.3 Å². The average molecular weight is 737 g/mol. The van der Waals surface area contributed by atoms with Gasteiger partial charge in [0.2, 0.25) is 0 Å². The molecule has 6 nitrogen and oxygen atoms in total. The molecule has 0 fully saturated rings. The molecule has 0 heterocycles. The molecule has 0 aromatic heterocycles. The van der Waals surface area contributed by atoms with E-state index in [4.69, 9.17) is 4.74 Å². The smallest absolute Gasteiger partial charge is 0.396 e. The van der Waals surface area contributed by atoms with Crippen molar-refractivity contribution in [1.29, 1.82) is 0 Å². The summed E-state index contributed by atoms with van der Waals surface area (Å²) in [5.41, 5.74) is 0. The van der Waals surface area contributed by atoms with E-state index in [1.54, 1.807) is 12.1 Å². The Labute approximate surface area is 186 Å².